The fraction of sp³-hybridized carbons (Fsp3) is 0.417. The Morgan fingerprint density at radius 3 is 2.68 bits per heavy atom. The van der Waals surface area contributed by atoms with Gasteiger partial charge in [0.25, 0.3) is 0 Å². The summed E-state index contributed by atoms with van der Waals surface area (Å²) in [5.41, 5.74) is 5.01. The molecule has 1 aromatic rings. The van der Waals surface area contributed by atoms with Crippen LogP contribution in [0.15, 0.2) is 12.1 Å². The van der Waals surface area contributed by atoms with Gasteiger partial charge in [0.05, 0.1) is 18.0 Å². The van der Waals surface area contributed by atoms with Crippen molar-refractivity contribution in [2.24, 2.45) is 0 Å². The minimum absolute atomic E-state index is 0.0472. The largest absolute Gasteiger partial charge is 0.478 e. The van der Waals surface area contributed by atoms with Crippen LogP contribution >= 0.6 is 11.8 Å². The summed E-state index contributed by atoms with van der Waals surface area (Å²) < 4.78 is 13.3. The van der Waals surface area contributed by atoms with Crippen molar-refractivity contribution < 1.29 is 19.4 Å². The first-order chi connectivity index (χ1) is 8.92. The molecule has 5 N–H and O–H groups in total. The van der Waals surface area contributed by atoms with Crippen LogP contribution in [-0.2, 0) is 0 Å². The van der Waals surface area contributed by atoms with E-state index in [9.17, 15) is 14.3 Å². The van der Waals surface area contributed by atoms with Crippen LogP contribution in [0.1, 0.15) is 17.3 Å². The van der Waals surface area contributed by atoms with Crippen molar-refractivity contribution in [3.05, 3.63) is 23.5 Å². The number of halogens is 1. The van der Waals surface area contributed by atoms with Gasteiger partial charge >= 0.3 is 5.97 Å². The van der Waals surface area contributed by atoms with Crippen molar-refractivity contribution >= 4 is 29.1 Å². The highest BCUT2D eigenvalue weighted by atomic mass is 32.2. The number of rotatable bonds is 6. The van der Waals surface area contributed by atoms with E-state index < -0.39 is 17.5 Å². The Hall–Kier alpha value is -1.47. The number of nitrogen functional groups attached to an aromatic ring is 1. The zero-order valence-corrected chi connectivity index (χ0v) is 11.5. The molecule has 2 atom stereocenters. The van der Waals surface area contributed by atoms with E-state index in [1.54, 1.807) is 0 Å². The molecular formula is C12H17FN2O3S. The Labute approximate surface area is 115 Å². The van der Waals surface area contributed by atoms with Crippen molar-refractivity contribution in [1.29, 1.82) is 0 Å². The third-order valence-corrected chi connectivity index (χ3v) is 3.99. The zero-order valence-electron chi connectivity index (χ0n) is 10.7. The summed E-state index contributed by atoms with van der Waals surface area (Å²) in [6.45, 7) is 1.76. The number of nitrogens with two attached hydrogens (primary N) is 1. The summed E-state index contributed by atoms with van der Waals surface area (Å²) in [6.07, 6.45) is 1.84. The standard InChI is InChI=1S/C12H17FN2O3S/c1-6(9(5-16)19-2)15-8-4-3-7(13)11(14)10(8)12(17)18/h3-4,6,9,15-16H,5,14H2,1-2H3,(H,17,18). The number of carboxylic acid groups (broad SMARTS) is 1. The predicted octanol–water partition coefficient (Wildman–Crippen LogP) is 1.63. The molecule has 0 saturated heterocycles. The number of benzene rings is 1. The number of aromatic carboxylic acids is 1. The van der Waals surface area contributed by atoms with Crippen LogP contribution in [0.3, 0.4) is 0 Å². The van der Waals surface area contributed by atoms with Gasteiger partial charge in [-0.2, -0.15) is 11.8 Å². The van der Waals surface area contributed by atoms with Crippen molar-refractivity contribution in [3.63, 3.8) is 0 Å². The Balaban J connectivity index is 3.08. The van der Waals surface area contributed by atoms with Gasteiger partial charge in [0.1, 0.15) is 11.4 Å². The Kier molecular flexibility index (Phi) is 5.44. The molecule has 0 aliphatic rings. The highest BCUT2D eigenvalue weighted by molar-refractivity contribution is 7.99. The van der Waals surface area contributed by atoms with E-state index in [2.05, 4.69) is 5.32 Å². The van der Waals surface area contributed by atoms with Crippen LogP contribution in [0.5, 0.6) is 0 Å². The first-order valence-corrected chi connectivity index (χ1v) is 6.92. The van der Waals surface area contributed by atoms with Gasteiger partial charge in [-0.1, -0.05) is 0 Å². The second kappa shape index (κ2) is 6.63. The molecule has 7 heteroatoms. The van der Waals surface area contributed by atoms with Gasteiger partial charge in [-0.15, -0.1) is 0 Å². The molecule has 2 unspecified atom stereocenters. The number of hydrogen-bond donors (Lipinski definition) is 4. The molecule has 0 aliphatic heterocycles. The van der Waals surface area contributed by atoms with E-state index in [4.69, 9.17) is 10.8 Å². The SMILES string of the molecule is CSC(CO)C(C)Nc1ccc(F)c(N)c1C(=O)O. The van der Waals surface area contributed by atoms with Gasteiger partial charge < -0.3 is 21.3 Å². The molecule has 0 radical (unpaired) electrons. The normalized spacial score (nSPS) is 13.9. The Morgan fingerprint density at radius 2 is 2.21 bits per heavy atom. The third kappa shape index (κ3) is 3.51. The molecule has 19 heavy (non-hydrogen) atoms. The van der Waals surface area contributed by atoms with Crippen molar-refractivity contribution in [2.45, 2.75) is 18.2 Å². The molecule has 1 rings (SSSR count). The number of carboxylic acids is 1. The molecule has 0 amide bonds. The van der Waals surface area contributed by atoms with Crippen LogP contribution in [0.25, 0.3) is 0 Å². The summed E-state index contributed by atoms with van der Waals surface area (Å²) in [5, 5.41) is 21.1. The van der Waals surface area contributed by atoms with Crippen LogP contribution in [-0.4, -0.2) is 40.3 Å². The van der Waals surface area contributed by atoms with Crippen LogP contribution in [0.2, 0.25) is 0 Å². The minimum atomic E-state index is -1.29. The van der Waals surface area contributed by atoms with Crippen molar-refractivity contribution in [2.75, 3.05) is 23.9 Å². The fourth-order valence-corrected chi connectivity index (χ4v) is 2.35. The topological polar surface area (TPSA) is 95.6 Å². The lowest BCUT2D eigenvalue weighted by molar-refractivity contribution is 0.0698. The maximum absolute atomic E-state index is 13.3. The number of anilines is 2. The molecule has 5 nitrogen and oxygen atoms in total. The van der Waals surface area contributed by atoms with Gasteiger partial charge in [0.15, 0.2) is 0 Å². The lowest BCUT2D eigenvalue weighted by atomic mass is 10.1. The number of thioether (sulfide) groups is 1. The number of nitrogens with one attached hydrogen (secondary N) is 1. The van der Waals surface area contributed by atoms with Gasteiger partial charge in [-0.3, -0.25) is 0 Å². The fourth-order valence-electron chi connectivity index (χ4n) is 1.72. The summed E-state index contributed by atoms with van der Waals surface area (Å²) in [6, 6.07) is 2.26. The summed E-state index contributed by atoms with van der Waals surface area (Å²) >= 11 is 1.45. The van der Waals surface area contributed by atoms with Crippen LogP contribution < -0.4 is 11.1 Å². The zero-order chi connectivity index (χ0) is 14.6. The number of aliphatic hydroxyl groups is 1. The highest BCUT2D eigenvalue weighted by Gasteiger charge is 2.21. The minimum Gasteiger partial charge on any atom is -0.478 e. The molecule has 0 fully saturated rings. The Morgan fingerprint density at radius 1 is 1.58 bits per heavy atom. The summed E-state index contributed by atoms with van der Waals surface area (Å²) in [7, 11) is 0. The average Bonchev–Trinajstić information content (AvgIpc) is 2.35. The summed E-state index contributed by atoms with van der Waals surface area (Å²) in [4.78, 5) is 11.1. The number of carbonyl (C=O) groups is 1. The van der Waals surface area contributed by atoms with Gasteiger partial charge in [0.2, 0.25) is 0 Å². The second-order valence-electron chi connectivity index (χ2n) is 4.08. The molecule has 106 valence electrons. The molecule has 0 aromatic heterocycles. The van der Waals surface area contributed by atoms with E-state index in [0.717, 1.165) is 6.07 Å². The first kappa shape index (κ1) is 15.6. The van der Waals surface area contributed by atoms with Gasteiger partial charge in [-0.05, 0) is 25.3 Å². The number of aliphatic hydroxyl groups excluding tert-OH is 1. The van der Waals surface area contributed by atoms with E-state index in [0.29, 0.717) is 0 Å². The van der Waals surface area contributed by atoms with E-state index in [1.807, 2.05) is 13.2 Å². The summed E-state index contributed by atoms with van der Waals surface area (Å²) in [5.74, 6) is -2.06. The van der Waals surface area contributed by atoms with Crippen molar-refractivity contribution in [3.8, 4) is 0 Å². The monoisotopic (exact) mass is 288 g/mol. The van der Waals surface area contributed by atoms with Gasteiger partial charge in [0, 0.05) is 11.3 Å². The Bertz CT molecular complexity index is 467. The maximum atomic E-state index is 13.3. The van der Waals surface area contributed by atoms with Crippen LogP contribution in [0, 0.1) is 5.82 Å². The molecule has 0 bridgehead atoms. The van der Waals surface area contributed by atoms with Crippen LogP contribution in [0.4, 0.5) is 15.8 Å². The number of hydrogen-bond acceptors (Lipinski definition) is 5. The maximum Gasteiger partial charge on any atom is 0.340 e. The van der Waals surface area contributed by atoms with Crippen molar-refractivity contribution in [1.82, 2.24) is 0 Å². The molecular weight excluding hydrogens is 271 g/mol. The molecule has 0 saturated carbocycles. The highest BCUT2D eigenvalue weighted by Crippen LogP contribution is 2.27. The molecule has 0 spiro atoms. The van der Waals surface area contributed by atoms with E-state index in [-0.39, 0.29) is 29.1 Å². The quantitative estimate of drug-likeness (QED) is 0.594. The lowest BCUT2D eigenvalue weighted by Crippen LogP contribution is -2.31. The predicted molar refractivity (Wildman–Crippen MR) is 75.2 cm³/mol. The third-order valence-electron chi connectivity index (χ3n) is 2.83. The van der Waals surface area contributed by atoms with E-state index >= 15 is 0 Å². The molecule has 0 aliphatic carbocycles. The van der Waals surface area contributed by atoms with Gasteiger partial charge in [-0.25, -0.2) is 9.18 Å². The second-order valence-corrected chi connectivity index (χ2v) is 5.16. The molecule has 0 heterocycles. The molecule has 1 aromatic carbocycles. The lowest BCUT2D eigenvalue weighted by Gasteiger charge is -2.23. The average molecular weight is 288 g/mol. The van der Waals surface area contributed by atoms with E-state index in [1.165, 1.54) is 17.8 Å². The first-order valence-electron chi connectivity index (χ1n) is 5.63. The smallest absolute Gasteiger partial charge is 0.340 e.